The second-order valence-electron chi connectivity index (χ2n) is 7.71. The lowest BCUT2D eigenvalue weighted by Gasteiger charge is -2.34. The third kappa shape index (κ3) is 3.45. The van der Waals surface area contributed by atoms with Gasteiger partial charge in [-0.05, 0) is 77.4 Å². The van der Waals surface area contributed by atoms with E-state index in [1.807, 2.05) is 6.07 Å². The molecule has 1 fully saturated rings. The van der Waals surface area contributed by atoms with Crippen LogP contribution >= 0.6 is 0 Å². The van der Waals surface area contributed by atoms with Gasteiger partial charge in [0.05, 0.1) is 0 Å². The zero-order valence-electron chi connectivity index (χ0n) is 16.3. The molecular formula is C21H31N3O. The molecule has 0 spiro atoms. The number of carbonyl (C=O) groups is 1. The first-order valence-corrected chi connectivity index (χ1v) is 9.45. The van der Waals surface area contributed by atoms with Crippen LogP contribution in [-0.2, 0) is 6.54 Å². The highest BCUT2D eigenvalue weighted by Crippen LogP contribution is 2.27. The molecule has 136 valence electrons. The number of likely N-dealkylation sites (tertiary alicyclic amines) is 1. The van der Waals surface area contributed by atoms with Crippen molar-refractivity contribution in [3.05, 3.63) is 35.0 Å². The van der Waals surface area contributed by atoms with Crippen LogP contribution < -0.4 is 0 Å². The molecule has 2 aromatic rings. The normalized spacial score (nSPS) is 18.3. The molecule has 1 amide bonds. The average Bonchev–Trinajstić information content (AvgIpc) is 2.84. The molecule has 3 rings (SSSR count). The molecule has 1 aromatic heterocycles. The molecule has 4 heteroatoms. The van der Waals surface area contributed by atoms with Gasteiger partial charge in [-0.1, -0.05) is 0 Å². The fraction of sp³-hybridized carbons (Fsp3) is 0.571. The highest BCUT2D eigenvalue weighted by molar-refractivity contribution is 5.99. The summed E-state index contributed by atoms with van der Waals surface area (Å²) in [6.45, 7) is 10.3. The molecule has 25 heavy (non-hydrogen) atoms. The van der Waals surface area contributed by atoms with Gasteiger partial charge in [0.15, 0.2) is 0 Å². The number of benzene rings is 1. The monoisotopic (exact) mass is 341 g/mol. The van der Waals surface area contributed by atoms with Gasteiger partial charge in [0.25, 0.3) is 5.91 Å². The Morgan fingerprint density at radius 3 is 2.72 bits per heavy atom. The number of amides is 1. The van der Waals surface area contributed by atoms with Crippen LogP contribution in [0.15, 0.2) is 18.2 Å². The largest absolute Gasteiger partial charge is 0.345 e. The van der Waals surface area contributed by atoms with Gasteiger partial charge < -0.3 is 14.4 Å². The highest BCUT2D eigenvalue weighted by atomic mass is 16.2. The maximum absolute atomic E-state index is 13.1. The van der Waals surface area contributed by atoms with Crippen LogP contribution in [0.25, 0.3) is 10.9 Å². The third-order valence-electron chi connectivity index (χ3n) is 5.63. The Morgan fingerprint density at radius 2 is 2.04 bits per heavy atom. The van der Waals surface area contributed by atoms with Crippen molar-refractivity contribution in [3.8, 4) is 0 Å². The number of fused-ring (bicyclic) bond motifs is 1. The lowest BCUT2D eigenvalue weighted by atomic mass is 9.96. The number of carbonyl (C=O) groups excluding carboxylic acids is 1. The van der Waals surface area contributed by atoms with E-state index in [0.717, 1.165) is 38.2 Å². The minimum absolute atomic E-state index is 0.187. The molecule has 1 aliphatic rings. The molecule has 1 unspecified atom stereocenters. The lowest BCUT2D eigenvalue weighted by Crippen LogP contribution is -2.42. The summed E-state index contributed by atoms with van der Waals surface area (Å²) in [4.78, 5) is 17.3. The van der Waals surface area contributed by atoms with Gasteiger partial charge in [-0.15, -0.1) is 0 Å². The first kappa shape index (κ1) is 18.0. The summed E-state index contributed by atoms with van der Waals surface area (Å²) in [5.74, 6) is 0.772. The van der Waals surface area contributed by atoms with Crippen LogP contribution in [0.5, 0.6) is 0 Å². The first-order chi connectivity index (χ1) is 11.9. The topological polar surface area (TPSA) is 28.5 Å². The minimum Gasteiger partial charge on any atom is -0.345 e. The predicted molar refractivity (Wildman–Crippen MR) is 104 cm³/mol. The number of aromatic nitrogens is 1. The van der Waals surface area contributed by atoms with Crippen LogP contribution in [0.1, 0.15) is 41.4 Å². The fourth-order valence-corrected chi connectivity index (χ4v) is 4.29. The smallest absolute Gasteiger partial charge is 0.253 e. The van der Waals surface area contributed by atoms with Gasteiger partial charge in [0.1, 0.15) is 0 Å². The predicted octanol–water partition coefficient (Wildman–Crippen LogP) is 3.69. The second kappa shape index (κ2) is 7.20. The Bertz CT molecular complexity index is 775. The van der Waals surface area contributed by atoms with E-state index in [4.69, 9.17) is 0 Å². The van der Waals surface area contributed by atoms with Gasteiger partial charge in [0, 0.05) is 48.3 Å². The summed E-state index contributed by atoms with van der Waals surface area (Å²) in [7, 11) is 4.22. The van der Waals surface area contributed by atoms with Gasteiger partial charge in [-0.25, -0.2) is 0 Å². The molecule has 0 bridgehead atoms. The number of nitrogens with zero attached hydrogens (tertiary/aromatic N) is 3. The van der Waals surface area contributed by atoms with Crippen LogP contribution in [0.3, 0.4) is 0 Å². The molecule has 2 heterocycles. The summed E-state index contributed by atoms with van der Waals surface area (Å²) >= 11 is 0. The van der Waals surface area contributed by atoms with Crippen LogP contribution in [0, 0.1) is 19.8 Å². The maximum atomic E-state index is 13.1. The van der Waals surface area contributed by atoms with Crippen molar-refractivity contribution in [3.63, 3.8) is 0 Å². The Hall–Kier alpha value is -1.81. The second-order valence-corrected chi connectivity index (χ2v) is 7.71. The van der Waals surface area contributed by atoms with E-state index < -0.39 is 0 Å². The summed E-state index contributed by atoms with van der Waals surface area (Å²) < 4.78 is 2.33. The fourth-order valence-electron chi connectivity index (χ4n) is 4.29. The number of aryl methyl sites for hydroxylation is 2. The Labute approximate surface area is 151 Å². The maximum Gasteiger partial charge on any atom is 0.253 e. The quantitative estimate of drug-likeness (QED) is 0.848. The number of hydrogen-bond donors (Lipinski definition) is 0. The molecule has 0 radical (unpaired) electrons. The van der Waals surface area contributed by atoms with E-state index in [1.165, 1.54) is 28.6 Å². The average molecular weight is 341 g/mol. The van der Waals surface area contributed by atoms with E-state index >= 15 is 0 Å². The van der Waals surface area contributed by atoms with Crippen molar-refractivity contribution in [2.75, 3.05) is 33.7 Å². The van der Waals surface area contributed by atoms with E-state index in [1.54, 1.807) is 0 Å². The van der Waals surface area contributed by atoms with Crippen molar-refractivity contribution < 1.29 is 4.79 Å². The first-order valence-electron chi connectivity index (χ1n) is 9.45. The van der Waals surface area contributed by atoms with Gasteiger partial charge >= 0.3 is 0 Å². The van der Waals surface area contributed by atoms with E-state index in [2.05, 4.69) is 61.4 Å². The van der Waals surface area contributed by atoms with Crippen LogP contribution in [-0.4, -0.2) is 54.0 Å². The molecule has 4 nitrogen and oxygen atoms in total. The summed E-state index contributed by atoms with van der Waals surface area (Å²) in [5.41, 5.74) is 4.65. The SMILES string of the molecule is CCn1c(C)c(C)c2cc(C(=O)N3CCCC(CN(C)C)C3)ccc21. The van der Waals surface area contributed by atoms with Gasteiger partial charge in [0.2, 0.25) is 0 Å². The Kier molecular flexibility index (Phi) is 5.19. The van der Waals surface area contributed by atoms with Crippen molar-refractivity contribution in [2.45, 2.75) is 40.2 Å². The van der Waals surface area contributed by atoms with Gasteiger partial charge in [-0.2, -0.15) is 0 Å². The van der Waals surface area contributed by atoms with E-state index in [0.29, 0.717) is 5.92 Å². The highest BCUT2D eigenvalue weighted by Gasteiger charge is 2.25. The molecule has 1 saturated heterocycles. The van der Waals surface area contributed by atoms with Crippen LogP contribution in [0.4, 0.5) is 0 Å². The van der Waals surface area contributed by atoms with Crippen molar-refractivity contribution in [1.29, 1.82) is 0 Å². The zero-order chi connectivity index (χ0) is 18.1. The van der Waals surface area contributed by atoms with E-state index in [9.17, 15) is 4.79 Å². The standard InChI is InChI=1S/C21H31N3O/c1-6-24-16(3)15(2)19-12-18(9-10-20(19)24)21(25)23-11-7-8-17(14-23)13-22(4)5/h9-10,12,17H,6-8,11,13-14H2,1-5H3. The number of piperidine rings is 1. The number of hydrogen-bond acceptors (Lipinski definition) is 2. The van der Waals surface area contributed by atoms with Crippen molar-refractivity contribution >= 4 is 16.8 Å². The minimum atomic E-state index is 0.187. The summed E-state index contributed by atoms with van der Waals surface area (Å²) in [6, 6.07) is 6.22. The molecular weight excluding hydrogens is 310 g/mol. The summed E-state index contributed by atoms with van der Waals surface area (Å²) in [6.07, 6.45) is 2.33. The molecule has 1 atom stereocenters. The third-order valence-corrected chi connectivity index (χ3v) is 5.63. The van der Waals surface area contributed by atoms with Crippen molar-refractivity contribution in [1.82, 2.24) is 14.4 Å². The molecule has 0 saturated carbocycles. The van der Waals surface area contributed by atoms with Crippen molar-refractivity contribution in [2.24, 2.45) is 5.92 Å². The van der Waals surface area contributed by atoms with E-state index in [-0.39, 0.29) is 5.91 Å². The van der Waals surface area contributed by atoms with Gasteiger partial charge in [-0.3, -0.25) is 4.79 Å². The summed E-state index contributed by atoms with van der Waals surface area (Å²) in [5, 5.41) is 1.21. The molecule has 0 N–H and O–H groups in total. The lowest BCUT2D eigenvalue weighted by molar-refractivity contribution is 0.0655. The molecule has 0 aliphatic carbocycles. The molecule has 1 aliphatic heterocycles. The Morgan fingerprint density at radius 1 is 1.28 bits per heavy atom. The molecule has 1 aromatic carbocycles. The van der Waals surface area contributed by atoms with Crippen LogP contribution in [0.2, 0.25) is 0 Å². The zero-order valence-corrected chi connectivity index (χ0v) is 16.3. The number of rotatable bonds is 4. The Balaban J connectivity index is 1.86.